The Morgan fingerprint density at radius 1 is 1.03 bits per heavy atom. The molecule has 2 unspecified atom stereocenters. The van der Waals surface area contributed by atoms with Crippen LogP contribution in [0.3, 0.4) is 0 Å². The van der Waals surface area contributed by atoms with Crippen molar-refractivity contribution in [1.82, 2.24) is 10.3 Å². The highest BCUT2D eigenvalue weighted by molar-refractivity contribution is 5.98. The number of benzene rings is 2. The van der Waals surface area contributed by atoms with Gasteiger partial charge >= 0.3 is 11.9 Å². The summed E-state index contributed by atoms with van der Waals surface area (Å²) in [7, 11) is 0. The fourth-order valence-electron chi connectivity index (χ4n) is 4.32. The number of rotatable bonds is 7. The van der Waals surface area contributed by atoms with Gasteiger partial charge in [0.25, 0.3) is 0 Å². The second-order valence-electron chi connectivity index (χ2n) is 8.14. The average Bonchev–Trinajstić information content (AvgIpc) is 3.17. The molecule has 2 N–H and O–H groups in total. The third kappa shape index (κ3) is 4.29. The summed E-state index contributed by atoms with van der Waals surface area (Å²) in [6, 6.07) is 15.8. The van der Waals surface area contributed by atoms with Crippen LogP contribution in [0.2, 0.25) is 0 Å². The molecular weight excluding hydrogens is 408 g/mol. The molecule has 1 aliphatic heterocycles. The minimum Gasteiger partial charge on any atom is -0.466 e. The molecule has 2 heterocycles. The maximum Gasteiger partial charge on any atom is 0.323 e. The van der Waals surface area contributed by atoms with Gasteiger partial charge in [0.2, 0.25) is 0 Å². The summed E-state index contributed by atoms with van der Waals surface area (Å²) in [4.78, 5) is 41.0. The van der Waals surface area contributed by atoms with Gasteiger partial charge in [0.05, 0.1) is 18.6 Å². The molecule has 1 aromatic heterocycles. The summed E-state index contributed by atoms with van der Waals surface area (Å²) in [5, 5.41) is 4.28. The van der Waals surface area contributed by atoms with Crippen molar-refractivity contribution in [3.63, 3.8) is 0 Å². The lowest BCUT2D eigenvalue weighted by Crippen LogP contribution is -2.55. The Morgan fingerprint density at radius 3 is 2.50 bits per heavy atom. The van der Waals surface area contributed by atoms with Crippen LogP contribution in [0.4, 0.5) is 0 Å². The van der Waals surface area contributed by atoms with E-state index in [1.54, 1.807) is 31.2 Å². The van der Waals surface area contributed by atoms with E-state index in [4.69, 9.17) is 9.47 Å². The first-order valence-electron chi connectivity index (χ1n) is 10.7. The Morgan fingerprint density at radius 2 is 1.75 bits per heavy atom. The van der Waals surface area contributed by atoms with Gasteiger partial charge in [-0.3, -0.25) is 19.7 Å². The topological polar surface area (TPSA) is 97.5 Å². The number of fused-ring (bicyclic) bond motifs is 3. The number of aromatic amines is 1. The monoisotopic (exact) mass is 434 g/mol. The van der Waals surface area contributed by atoms with E-state index in [1.165, 1.54) is 0 Å². The summed E-state index contributed by atoms with van der Waals surface area (Å²) in [6.07, 6.45) is 0.434. The molecule has 32 heavy (non-hydrogen) atoms. The normalized spacial score (nSPS) is 19.9. The van der Waals surface area contributed by atoms with Crippen molar-refractivity contribution in [1.29, 1.82) is 0 Å². The van der Waals surface area contributed by atoms with Gasteiger partial charge in [-0.05, 0) is 25.5 Å². The first-order valence-corrected chi connectivity index (χ1v) is 10.7. The molecule has 0 aliphatic carbocycles. The van der Waals surface area contributed by atoms with E-state index in [-0.39, 0.29) is 31.4 Å². The number of aromatic nitrogens is 1. The summed E-state index contributed by atoms with van der Waals surface area (Å²) in [5.74, 6) is -1.16. The Bertz CT molecular complexity index is 1150. The molecule has 0 radical (unpaired) electrons. The highest BCUT2D eigenvalue weighted by atomic mass is 16.5. The Balaban J connectivity index is 1.58. The number of ether oxygens (including phenoxy) is 2. The quantitative estimate of drug-likeness (QED) is 0.438. The first-order chi connectivity index (χ1) is 15.4. The van der Waals surface area contributed by atoms with Crippen molar-refractivity contribution in [2.45, 2.75) is 38.3 Å². The van der Waals surface area contributed by atoms with Crippen molar-refractivity contribution in [3.05, 3.63) is 71.4 Å². The second-order valence-corrected chi connectivity index (χ2v) is 8.14. The minimum atomic E-state index is -0.855. The zero-order valence-electron chi connectivity index (χ0n) is 18.1. The van der Waals surface area contributed by atoms with Crippen LogP contribution in [0, 0.1) is 0 Å². The van der Waals surface area contributed by atoms with E-state index in [2.05, 4.69) is 10.3 Å². The lowest BCUT2D eigenvalue weighted by atomic mass is 9.83. The van der Waals surface area contributed by atoms with E-state index in [0.29, 0.717) is 12.0 Å². The number of H-pyrrole nitrogens is 1. The van der Waals surface area contributed by atoms with Crippen LogP contribution in [0.1, 0.15) is 41.9 Å². The fourth-order valence-corrected chi connectivity index (χ4v) is 4.32. The number of para-hydroxylation sites is 1. The van der Waals surface area contributed by atoms with E-state index < -0.39 is 17.6 Å². The molecule has 2 aromatic carbocycles. The maximum atomic E-state index is 12.9. The molecule has 0 saturated carbocycles. The zero-order valence-corrected chi connectivity index (χ0v) is 18.1. The summed E-state index contributed by atoms with van der Waals surface area (Å²) in [5.41, 5.74) is 2.38. The van der Waals surface area contributed by atoms with Crippen molar-refractivity contribution in [3.8, 4) is 0 Å². The molecule has 7 heteroatoms. The van der Waals surface area contributed by atoms with E-state index in [9.17, 15) is 14.4 Å². The number of esters is 2. The molecular formula is C25H26N2O5. The van der Waals surface area contributed by atoms with Crippen LogP contribution < -0.4 is 5.32 Å². The van der Waals surface area contributed by atoms with Crippen LogP contribution in [-0.2, 0) is 31.0 Å². The Hall–Kier alpha value is -3.45. The van der Waals surface area contributed by atoms with Crippen LogP contribution in [0.5, 0.6) is 0 Å². The second kappa shape index (κ2) is 8.96. The van der Waals surface area contributed by atoms with Crippen molar-refractivity contribution >= 4 is 28.6 Å². The predicted octanol–water partition coefficient (Wildman–Crippen LogP) is 3.28. The van der Waals surface area contributed by atoms with Gasteiger partial charge in [0.1, 0.15) is 6.04 Å². The molecule has 1 aliphatic rings. The van der Waals surface area contributed by atoms with Gasteiger partial charge in [-0.2, -0.15) is 0 Å². The lowest BCUT2D eigenvalue weighted by Gasteiger charge is -2.38. The van der Waals surface area contributed by atoms with Crippen molar-refractivity contribution in [2.24, 2.45) is 0 Å². The highest BCUT2D eigenvalue weighted by Crippen LogP contribution is 2.37. The SMILES string of the molecule is CCOC(=O)CC1(C)NC(C(=O)OCC(=O)c2ccccc2)Cc2c1[nH]c1ccccc21. The van der Waals surface area contributed by atoms with Gasteiger partial charge < -0.3 is 14.5 Å². The van der Waals surface area contributed by atoms with E-state index in [0.717, 1.165) is 22.2 Å². The van der Waals surface area contributed by atoms with Crippen LogP contribution in [0.15, 0.2) is 54.6 Å². The molecule has 0 amide bonds. The molecule has 0 bridgehead atoms. The van der Waals surface area contributed by atoms with E-state index in [1.807, 2.05) is 37.3 Å². The van der Waals surface area contributed by atoms with Gasteiger partial charge in [0.15, 0.2) is 12.4 Å². The first kappa shape index (κ1) is 21.8. The van der Waals surface area contributed by atoms with Crippen molar-refractivity contribution in [2.75, 3.05) is 13.2 Å². The van der Waals surface area contributed by atoms with Crippen LogP contribution >= 0.6 is 0 Å². The maximum absolute atomic E-state index is 12.9. The van der Waals surface area contributed by atoms with Gasteiger partial charge in [-0.15, -0.1) is 0 Å². The number of hydrogen-bond donors (Lipinski definition) is 2. The molecule has 0 spiro atoms. The third-order valence-corrected chi connectivity index (χ3v) is 5.80. The predicted molar refractivity (Wildman–Crippen MR) is 119 cm³/mol. The zero-order chi connectivity index (χ0) is 22.7. The molecule has 4 rings (SSSR count). The van der Waals surface area contributed by atoms with Crippen molar-refractivity contribution < 1.29 is 23.9 Å². The number of hydrogen-bond acceptors (Lipinski definition) is 6. The Labute approximate surface area is 186 Å². The number of Topliss-reactive ketones (excluding diaryl/α,β-unsaturated/α-hetero) is 1. The number of carbonyl (C=O) groups excluding carboxylic acids is 3. The average molecular weight is 434 g/mol. The largest absolute Gasteiger partial charge is 0.466 e. The third-order valence-electron chi connectivity index (χ3n) is 5.80. The molecule has 3 aromatic rings. The fraction of sp³-hybridized carbons (Fsp3) is 0.320. The van der Waals surface area contributed by atoms with Crippen LogP contribution in [-0.4, -0.2) is 42.0 Å². The number of ketones is 1. The smallest absolute Gasteiger partial charge is 0.323 e. The molecule has 7 nitrogen and oxygen atoms in total. The number of carbonyl (C=O) groups is 3. The standard InChI is InChI=1S/C25H26N2O5/c1-3-31-22(29)14-25(2)23-18(17-11-7-8-12-19(17)26-23)13-20(27-25)24(30)32-15-21(28)16-9-5-4-6-10-16/h4-12,20,26-27H,3,13-15H2,1-2H3. The summed E-state index contributed by atoms with van der Waals surface area (Å²) >= 11 is 0. The summed E-state index contributed by atoms with van der Waals surface area (Å²) in [6.45, 7) is 3.57. The minimum absolute atomic E-state index is 0.0490. The molecule has 2 atom stereocenters. The molecule has 166 valence electrons. The molecule has 0 fully saturated rings. The van der Waals surface area contributed by atoms with Gasteiger partial charge in [-0.25, -0.2) is 0 Å². The highest BCUT2D eigenvalue weighted by Gasteiger charge is 2.43. The number of nitrogens with one attached hydrogen (secondary N) is 2. The lowest BCUT2D eigenvalue weighted by molar-refractivity contribution is -0.149. The van der Waals surface area contributed by atoms with Gasteiger partial charge in [-0.1, -0.05) is 48.5 Å². The van der Waals surface area contributed by atoms with Crippen LogP contribution in [0.25, 0.3) is 10.9 Å². The van der Waals surface area contributed by atoms with Gasteiger partial charge in [0, 0.05) is 28.6 Å². The summed E-state index contributed by atoms with van der Waals surface area (Å²) < 4.78 is 10.5. The van der Waals surface area contributed by atoms with E-state index >= 15 is 0 Å². The Kier molecular flexibility index (Phi) is 6.10. The molecule has 0 saturated heterocycles.